The number of aromatic nitrogens is 2. The first-order valence-electron chi connectivity index (χ1n) is 8.41. The average molecular weight is 366 g/mol. The topological polar surface area (TPSA) is 30.3 Å². The van der Waals surface area contributed by atoms with Crippen LogP contribution in [0.15, 0.2) is 24.4 Å². The van der Waals surface area contributed by atoms with Gasteiger partial charge in [-0.2, -0.15) is 5.10 Å². The number of hydrogen-bond acceptors (Lipinski definition) is 3. The Kier molecular flexibility index (Phi) is 4.56. The van der Waals surface area contributed by atoms with Gasteiger partial charge in [-0.25, -0.2) is 0 Å². The fourth-order valence-corrected chi connectivity index (χ4v) is 3.81. The summed E-state index contributed by atoms with van der Waals surface area (Å²) in [7, 11) is 2.05. The summed E-state index contributed by atoms with van der Waals surface area (Å²) in [5.74, 6) is 0.708. The third-order valence-electron chi connectivity index (χ3n) is 4.89. The zero-order valence-electron chi connectivity index (χ0n) is 13.7. The SMILES string of the molecule is Cn1ncc(CN2CCO[C@H](c3ccc(Cl)c(Cl)c3)C2)c1C1CC1. The Hall–Kier alpha value is -1.07. The predicted molar refractivity (Wildman–Crippen MR) is 95.6 cm³/mol. The van der Waals surface area contributed by atoms with Gasteiger partial charge >= 0.3 is 0 Å². The summed E-state index contributed by atoms with van der Waals surface area (Å²) in [5.41, 5.74) is 3.85. The summed E-state index contributed by atoms with van der Waals surface area (Å²) >= 11 is 12.2. The first-order valence-corrected chi connectivity index (χ1v) is 9.17. The van der Waals surface area contributed by atoms with Gasteiger partial charge in [-0.05, 0) is 30.5 Å². The maximum absolute atomic E-state index is 6.15. The van der Waals surface area contributed by atoms with E-state index in [0.29, 0.717) is 16.0 Å². The van der Waals surface area contributed by atoms with E-state index >= 15 is 0 Å². The molecule has 4 nitrogen and oxygen atoms in total. The van der Waals surface area contributed by atoms with Crippen LogP contribution < -0.4 is 0 Å². The highest BCUT2D eigenvalue weighted by molar-refractivity contribution is 6.42. The number of benzene rings is 1. The predicted octanol–water partition coefficient (Wildman–Crippen LogP) is 4.18. The number of morpholine rings is 1. The lowest BCUT2D eigenvalue weighted by atomic mass is 10.1. The molecule has 1 atom stereocenters. The Morgan fingerprint density at radius 3 is 2.83 bits per heavy atom. The number of halogens is 2. The van der Waals surface area contributed by atoms with Gasteiger partial charge in [0.2, 0.25) is 0 Å². The first-order chi connectivity index (χ1) is 11.6. The molecular weight excluding hydrogens is 345 g/mol. The number of nitrogens with zero attached hydrogens (tertiary/aromatic N) is 3. The maximum atomic E-state index is 6.15. The lowest BCUT2D eigenvalue weighted by Gasteiger charge is -2.33. The van der Waals surface area contributed by atoms with E-state index in [2.05, 4.69) is 17.0 Å². The highest BCUT2D eigenvalue weighted by Gasteiger charge is 2.31. The first kappa shape index (κ1) is 16.4. The normalized spacial score (nSPS) is 22.0. The summed E-state index contributed by atoms with van der Waals surface area (Å²) in [6.07, 6.45) is 4.65. The van der Waals surface area contributed by atoms with Crippen molar-refractivity contribution in [3.8, 4) is 0 Å². The van der Waals surface area contributed by atoms with Crippen LogP contribution in [0.1, 0.15) is 41.7 Å². The van der Waals surface area contributed by atoms with Crippen LogP contribution >= 0.6 is 23.2 Å². The molecule has 1 saturated carbocycles. The molecule has 0 unspecified atom stereocenters. The van der Waals surface area contributed by atoms with E-state index in [-0.39, 0.29) is 6.10 Å². The number of aryl methyl sites for hydroxylation is 1. The minimum Gasteiger partial charge on any atom is -0.371 e. The van der Waals surface area contributed by atoms with E-state index < -0.39 is 0 Å². The molecule has 4 rings (SSSR count). The largest absolute Gasteiger partial charge is 0.371 e. The highest BCUT2D eigenvalue weighted by atomic mass is 35.5. The smallest absolute Gasteiger partial charge is 0.0953 e. The third-order valence-corrected chi connectivity index (χ3v) is 5.63. The lowest BCUT2D eigenvalue weighted by molar-refractivity contribution is -0.0330. The molecule has 1 aliphatic carbocycles. The van der Waals surface area contributed by atoms with E-state index in [1.807, 2.05) is 29.1 Å². The quantitative estimate of drug-likeness (QED) is 0.813. The standard InChI is InChI=1S/C18H21Cl2N3O/c1-22-18(12-2-3-12)14(9-21-22)10-23-6-7-24-17(11-23)13-4-5-15(19)16(20)8-13/h4-5,8-9,12,17H,2-3,6-7,10-11H2,1H3/t17-/m0/s1. The third kappa shape index (κ3) is 3.33. The highest BCUT2D eigenvalue weighted by Crippen LogP contribution is 2.41. The van der Waals surface area contributed by atoms with Crippen LogP contribution in [0, 0.1) is 0 Å². The Morgan fingerprint density at radius 1 is 1.25 bits per heavy atom. The van der Waals surface area contributed by atoms with Gasteiger partial charge in [0.15, 0.2) is 0 Å². The van der Waals surface area contributed by atoms with Crippen molar-refractivity contribution in [1.82, 2.24) is 14.7 Å². The number of ether oxygens (including phenoxy) is 1. The molecule has 0 radical (unpaired) electrons. The monoisotopic (exact) mass is 365 g/mol. The van der Waals surface area contributed by atoms with Crippen LogP contribution in [0.4, 0.5) is 0 Å². The zero-order valence-corrected chi connectivity index (χ0v) is 15.2. The Labute approximate surface area is 152 Å². The molecule has 1 aromatic carbocycles. The van der Waals surface area contributed by atoms with Crippen LogP contribution in [0.2, 0.25) is 10.0 Å². The minimum atomic E-state index is 0.0366. The molecule has 1 saturated heterocycles. The van der Waals surface area contributed by atoms with Crippen LogP contribution in [0.25, 0.3) is 0 Å². The summed E-state index contributed by atoms with van der Waals surface area (Å²) in [5, 5.41) is 5.63. The number of hydrogen-bond donors (Lipinski definition) is 0. The molecule has 2 aliphatic rings. The second-order valence-corrected chi connectivity index (χ2v) is 7.54. The summed E-state index contributed by atoms with van der Waals surface area (Å²) in [6.45, 7) is 3.46. The fraction of sp³-hybridized carbons (Fsp3) is 0.500. The van der Waals surface area contributed by atoms with E-state index in [9.17, 15) is 0 Å². The van der Waals surface area contributed by atoms with Gasteiger partial charge in [0.1, 0.15) is 0 Å². The molecule has 2 fully saturated rings. The zero-order chi connectivity index (χ0) is 16.7. The van der Waals surface area contributed by atoms with Crippen molar-refractivity contribution in [3.05, 3.63) is 51.3 Å². The Balaban J connectivity index is 1.48. The molecule has 2 aromatic rings. The minimum absolute atomic E-state index is 0.0366. The molecule has 1 aliphatic heterocycles. The van der Waals surface area contributed by atoms with E-state index in [0.717, 1.165) is 31.8 Å². The maximum Gasteiger partial charge on any atom is 0.0953 e. The molecule has 2 heterocycles. The van der Waals surface area contributed by atoms with Gasteiger partial charge in [-0.1, -0.05) is 29.3 Å². The molecule has 128 valence electrons. The van der Waals surface area contributed by atoms with Crippen LogP contribution in [-0.2, 0) is 18.3 Å². The van der Waals surface area contributed by atoms with Crippen LogP contribution in [-0.4, -0.2) is 34.4 Å². The molecule has 0 bridgehead atoms. The Morgan fingerprint density at radius 2 is 2.08 bits per heavy atom. The molecule has 0 spiro atoms. The van der Waals surface area contributed by atoms with Gasteiger partial charge in [0.25, 0.3) is 0 Å². The van der Waals surface area contributed by atoms with E-state index in [1.54, 1.807) is 0 Å². The van der Waals surface area contributed by atoms with Gasteiger partial charge < -0.3 is 4.74 Å². The van der Waals surface area contributed by atoms with Gasteiger partial charge in [0.05, 0.1) is 29.0 Å². The van der Waals surface area contributed by atoms with Crippen molar-refractivity contribution in [3.63, 3.8) is 0 Å². The van der Waals surface area contributed by atoms with Crippen molar-refractivity contribution >= 4 is 23.2 Å². The van der Waals surface area contributed by atoms with Gasteiger partial charge in [0, 0.05) is 43.9 Å². The van der Waals surface area contributed by atoms with Crippen LogP contribution in [0.5, 0.6) is 0 Å². The molecule has 0 amide bonds. The average Bonchev–Trinajstić information content (AvgIpc) is 3.34. The molecule has 0 N–H and O–H groups in total. The molecule has 1 aromatic heterocycles. The van der Waals surface area contributed by atoms with Crippen molar-refractivity contribution < 1.29 is 4.74 Å². The van der Waals surface area contributed by atoms with E-state index in [1.165, 1.54) is 24.1 Å². The summed E-state index contributed by atoms with van der Waals surface area (Å²) in [4.78, 5) is 2.44. The second-order valence-electron chi connectivity index (χ2n) is 6.72. The molecule has 6 heteroatoms. The summed E-state index contributed by atoms with van der Waals surface area (Å²) < 4.78 is 8.00. The van der Waals surface area contributed by atoms with Crippen molar-refractivity contribution in [2.45, 2.75) is 31.4 Å². The Bertz CT molecular complexity index is 742. The van der Waals surface area contributed by atoms with Gasteiger partial charge in [-0.15, -0.1) is 0 Å². The molecular formula is C18H21Cl2N3O. The van der Waals surface area contributed by atoms with Gasteiger partial charge in [-0.3, -0.25) is 9.58 Å². The van der Waals surface area contributed by atoms with Crippen LogP contribution in [0.3, 0.4) is 0 Å². The second kappa shape index (κ2) is 6.68. The van der Waals surface area contributed by atoms with E-state index in [4.69, 9.17) is 27.9 Å². The lowest BCUT2D eigenvalue weighted by Crippen LogP contribution is -2.38. The summed E-state index contributed by atoms with van der Waals surface area (Å²) in [6, 6.07) is 5.76. The van der Waals surface area contributed by atoms with Crippen molar-refractivity contribution in [2.75, 3.05) is 19.7 Å². The van der Waals surface area contributed by atoms with Crippen molar-refractivity contribution in [2.24, 2.45) is 7.05 Å². The van der Waals surface area contributed by atoms with Crippen molar-refractivity contribution in [1.29, 1.82) is 0 Å². The molecule has 24 heavy (non-hydrogen) atoms. The fourth-order valence-electron chi connectivity index (χ4n) is 3.50. The number of rotatable bonds is 4.